The molecule has 0 aliphatic heterocycles. The molecule has 5 heteroatoms. The summed E-state index contributed by atoms with van der Waals surface area (Å²) in [4.78, 5) is 37.2. The highest BCUT2D eigenvalue weighted by molar-refractivity contribution is 5.80. The van der Waals surface area contributed by atoms with E-state index in [4.69, 9.17) is 9.47 Å². The molecular formula is C36H58O5. The number of hydrogen-bond donors (Lipinski definition) is 0. The molecule has 5 aliphatic rings. The Morgan fingerprint density at radius 1 is 0.927 bits per heavy atom. The summed E-state index contributed by atoms with van der Waals surface area (Å²) >= 11 is 0. The van der Waals surface area contributed by atoms with E-state index in [9.17, 15) is 14.4 Å². The molecule has 0 aromatic rings. The molecule has 0 saturated heterocycles. The number of carbonyl (C=O) groups excluding carboxylic acids is 3. The molecular weight excluding hydrogens is 512 g/mol. The summed E-state index contributed by atoms with van der Waals surface area (Å²) < 4.78 is 11.8. The van der Waals surface area contributed by atoms with Crippen molar-refractivity contribution in [3.8, 4) is 0 Å². The lowest BCUT2D eigenvalue weighted by atomic mass is 9.44. The van der Waals surface area contributed by atoms with Crippen molar-refractivity contribution in [2.45, 2.75) is 156 Å². The van der Waals surface area contributed by atoms with Crippen molar-refractivity contribution < 1.29 is 23.9 Å². The van der Waals surface area contributed by atoms with Crippen molar-refractivity contribution in [2.24, 2.45) is 51.8 Å². The highest BCUT2D eigenvalue weighted by Crippen LogP contribution is 2.68. The van der Waals surface area contributed by atoms with E-state index >= 15 is 0 Å². The summed E-state index contributed by atoms with van der Waals surface area (Å²) in [6, 6.07) is 0. The third kappa shape index (κ3) is 6.03. The summed E-state index contributed by atoms with van der Waals surface area (Å²) in [6.07, 6.45) is 16.0. The topological polar surface area (TPSA) is 69.7 Å². The van der Waals surface area contributed by atoms with E-state index in [0.717, 1.165) is 56.3 Å². The van der Waals surface area contributed by atoms with Gasteiger partial charge in [-0.25, -0.2) is 0 Å². The minimum atomic E-state index is -0.390. The number of esters is 2. The maximum atomic E-state index is 12.8. The van der Waals surface area contributed by atoms with Crippen LogP contribution in [0, 0.1) is 51.8 Å². The lowest BCUT2D eigenvalue weighted by molar-refractivity contribution is -0.171. The van der Waals surface area contributed by atoms with Crippen LogP contribution in [0.1, 0.15) is 144 Å². The molecule has 5 fully saturated rings. The van der Waals surface area contributed by atoms with E-state index in [-0.39, 0.29) is 29.9 Å². The van der Waals surface area contributed by atoms with Crippen LogP contribution in [0.2, 0.25) is 0 Å². The Kier molecular flexibility index (Phi) is 9.05. The number of fused-ring (bicyclic) bond motifs is 5. The minimum Gasteiger partial charge on any atom is -0.462 e. The number of carbonyl (C=O) groups is 3. The van der Waals surface area contributed by atoms with Crippen molar-refractivity contribution in [2.75, 3.05) is 0 Å². The number of Topliss-reactive ketones (excluding diaryl/α,β-unsaturated/α-hetero) is 1. The van der Waals surface area contributed by atoms with Crippen LogP contribution < -0.4 is 0 Å². The average molecular weight is 571 g/mol. The molecule has 10 atom stereocenters. The minimum absolute atomic E-state index is 0.0146. The molecule has 0 amide bonds. The molecule has 0 heterocycles. The first kappa shape index (κ1) is 31.0. The fourth-order valence-electron chi connectivity index (χ4n) is 10.6. The summed E-state index contributed by atoms with van der Waals surface area (Å²) in [5.41, 5.74) is 0.363. The van der Waals surface area contributed by atoms with Crippen LogP contribution in [-0.4, -0.2) is 29.9 Å². The highest BCUT2D eigenvalue weighted by atomic mass is 16.5. The van der Waals surface area contributed by atoms with Gasteiger partial charge in [-0.2, -0.15) is 0 Å². The van der Waals surface area contributed by atoms with E-state index < -0.39 is 5.41 Å². The van der Waals surface area contributed by atoms with Crippen LogP contribution in [0.15, 0.2) is 0 Å². The Morgan fingerprint density at radius 3 is 2.39 bits per heavy atom. The Bertz CT molecular complexity index is 986. The molecule has 0 aromatic heterocycles. The van der Waals surface area contributed by atoms with Gasteiger partial charge in [0.25, 0.3) is 0 Å². The summed E-state index contributed by atoms with van der Waals surface area (Å²) in [7, 11) is 0. The van der Waals surface area contributed by atoms with E-state index in [2.05, 4.69) is 27.7 Å². The summed E-state index contributed by atoms with van der Waals surface area (Å²) in [5, 5.41) is 0. The number of rotatable bonds is 8. The summed E-state index contributed by atoms with van der Waals surface area (Å²) in [5.74, 6) is 4.40. The van der Waals surface area contributed by atoms with Crippen LogP contribution in [0.4, 0.5) is 0 Å². The van der Waals surface area contributed by atoms with Gasteiger partial charge >= 0.3 is 11.9 Å². The molecule has 5 rings (SSSR count). The normalized spacial score (nSPS) is 41.5. The maximum Gasteiger partial charge on any atom is 0.311 e. The van der Waals surface area contributed by atoms with Gasteiger partial charge in [-0.1, -0.05) is 27.7 Å². The van der Waals surface area contributed by atoms with Gasteiger partial charge in [-0.15, -0.1) is 0 Å². The second-order valence-corrected chi connectivity index (χ2v) is 16.2. The third-order valence-electron chi connectivity index (χ3n) is 13.6. The molecule has 0 bridgehead atoms. The zero-order chi connectivity index (χ0) is 29.6. The quantitative estimate of drug-likeness (QED) is 0.274. The van der Waals surface area contributed by atoms with E-state index in [1.807, 2.05) is 13.8 Å². The zero-order valence-corrected chi connectivity index (χ0v) is 27.0. The van der Waals surface area contributed by atoms with Gasteiger partial charge in [0.1, 0.15) is 18.0 Å². The Labute approximate surface area is 249 Å². The van der Waals surface area contributed by atoms with E-state index in [1.54, 1.807) is 0 Å². The van der Waals surface area contributed by atoms with Crippen molar-refractivity contribution in [1.29, 1.82) is 0 Å². The number of ketones is 1. The molecule has 5 saturated carbocycles. The number of ether oxygens (including phenoxy) is 2. The lowest BCUT2D eigenvalue weighted by Crippen LogP contribution is -2.54. The lowest BCUT2D eigenvalue weighted by Gasteiger charge is -2.61. The van der Waals surface area contributed by atoms with Crippen molar-refractivity contribution in [3.63, 3.8) is 0 Å². The van der Waals surface area contributed by atoms with Gasteiger partial charge in [-0.05, 0) is 144 Å². The second kappa shape index (κ2) is 11.9. The molecule has 0 radical (unpaired) electrons. The van der Waals surface area contributed by atoms with Gasteiger partial charge < -0.3 is 9.47 Å². The molecule has 5 nitrogen and oxygen atoms in total. The highest BCUT2D eigenvalue weighted by Gasteiger charge is 2.60. The summed E-state index contributed by atoms with van der Waals surface area (Å²) in [6.45, 7) is 13.6. The number of hydrogen-bond acceptors (Lipinski definition) is 5. The Hall–Kier alpha value is -1.39. The monoisotopic (exact) mass is 570 g/mol. The predicted molar refractivity (Wildman–Crippen MR) is 161 cm³/mol. The van der Waals surface area contributed by atoms with Gasteiger partial charge in [0.05, 0.1) is 5.41 Å². The maximum absolute atomic E-state index is 12.8. The van der Waals surface area contributed by atoms with Gasteiger partial charge in [0.15, 0.2) is 0 Å². The first-order chi connectivity index (χ1) is 19.4. The predicted octanol–water partition coefficient (Wildman–Crippen LogP) is 8.46. The fourth-order valence-corrected chi connectivity index (χ4v) is 10.6. The van der Waals surface area contributed by atoms with Crippen molar-refractivity contribution >= 4 is 17.7 Å². The van der Waals surface area contributed by atoms with E-state index in [0.29, 0.717) is 47.8 Å². The molecule has 41 heavy (non-hydrogen) atoms. The molecule has 5 aliphatic carbocycles. The van der Waals surface area contributed by atoms with Crippen LogP contribution in [0.25, 0.3) is 0 Å². The van der Waals surface area contributed by atoms with Crippen molar-refractivity contribution in [1.82, 2.24) is 0 Å². The standard InChI is InChI=1S/C36H58O5/c1-7-34(3,4)33(39)41-27-17-19-35(5)24(21-27)12-13-28-30-15-14-29(36(30,6)20-18-31(28)35)23(2)11-16-32(38)40-26-10-8-9-25(37)22-26/h23-24,26-31H,7-22H2,1-6H3/t23?,24?,26?,27-,28?,29?,30?,31?,35-,36+/m0/s1. The van der Waals surface area contributed by atoms with Gasteiger partial charge in [0, 0.05) is 19.3 Å². The smallest absolute Gasteiger partial charge is 0.311 e. The van der Waals surface area contributed by atoms with Gasteiger partial charge in [-0.3, -0.25) is 14.4 Å². The zero-order valence-electron chi connectivity index (χ0n) is 27.0. The second-order valence-electron chi connectivity index (χ2n) is 16.2. The van der Waals surface area contributed by atoms with Crippen LogP contribution >= 0.6 is 0 Å². The molecule has 0 N–H and O–H groups in total. The Morgan fingerprint density at radius 2 is 1.66 bits per heavy atom. The van der Waals surface area contributed by atoms with Crippen LogP contribution in [0.5, 0.6) is 0 Å². The first-order valence-corrected chi connectivity index (χ1v) is 17.3. The third-order valence-corrected chi connectivity index (χ3v) is 13.6. The average Bonchev–Trinajstić information content (AvgIpc) is 3.29. The fraction of sp³-hybridized carbons (Fsp3) is 0.917. The molecule has 232 valence electrons. The van der Waals surface area contributed by atoms with Crippen LogP contribution in [-0.2, 0) is 23.9 Å². The largest absolute Gasteiger partial charge is 0.462 e. The van der Waals surface area contributed by atoms with Gasteiger partial charge in [0.2, 0.25) is 0 Å². The SMILES string of the molecule is CCC(C)(C)C(=O)O[C@H]1CC[C@@]2(C)C(CCC3C4CCC(C(C)CCC(=O)OC5CCCC(=O)C5)[C@@]4(C)CCC32)C1. The van der Waals surface area contributed by atoms with E-state index in [1.165, 1.54) is 44.9 Å². The molecule has 7 unspecified atom stereocenters. The van der Waals surface area contributed by atoms with Crippen molar-refractivity contribution in [3.05, 3.63) is 0 Å². The Balaban J connectivity index is 1.16. The first-order valence-electron chi connectivity index (χ1n) is 17.3. The van der Waals surface area contributed by atoms with Crippen LogP contribution in [0.3, 0.4) is 0 Å². The molecule has 0 aromatic carbocycles. The molecule has 0 spiro atoms.